The molecular formula is C94H86Cl9N13O6. The monoisotopic (exact) mass is 1810 g/mol. The summed E-state index contributed by atoms with van der Waals surface area (Å²) < 4.78 is 0. The van der Waals surface area contributed by atoms with Crippen LogP contribution in [0.25, 0.3) is 0 Å². The van der Waals surface area contributed by atoms with Crippen LogP contribution in [0.1, 0.15) is 55.6 Å². The normalized spacial score (nSPS) is 11.3. The molecule has 0 aliphatic rings. The van der Waals surface area contributed by atoms with E-state index in [1.807, 2.05) is 251 Å². The summed E-state index contributed by atoms with van der Waals surface area (Å²) in [6, 6.07) is 71.4. The summed E-state index contributed by atoms with van der Waals surface area (Å²) in [5, 5.41) is 26.3. The number of rotatable bonds is 21. The first-order valence-corrected chi connectivity index (χ1v) is 41.0. The van der Waals surface area contributed by atoms with Gasteiger partial charge in [-0.05, 0) is 221 Å². The van der Waals surface area contributed by atoms with Crippen molar-refractivity contribution in [3.8, 4) is 0 Å². The Labute approximate surface area is 755 Å². The van der Waals surface area contributed by atoms with Crippen molar-refractivity contribution in [3.63, 3.8) is 0 Å². The molecule has 0 radical (unpaired) electrons. The minimum Gasteiger partial charge on any atom is -0.378 e. The van der Waals surface area contributed by atoms with Gasteiger partial charge in [0.1, 0.15) is 22.8 Å². The SMILES string of the molecule is Cc1cc(Cl)c(NC(=O)C(=Nc2ccc(N(C)C)cc2C)c2cc(Cl)cc(Cl)c2)cc1Cl.Cc1cc(Cl)c(NC(=O)C(=Nc2ccc(N(C)C)cc2C)c2ccccc2)cc1Cl.Cc1cc(N(C)C)ccc1N=C(C(=O)Nc1cc(Cl)c(Cl)cc1Cl)c1ccccc1.Cc1cc(N(C)C)ccc1N=C(C(=O)Nc1ccccc1)c1ccccc1[N+](=O)[O-]. The van der Waals surface area contributed by atoms with E-state index in [9.17, 15) is 29.3 Å². The molecule has 19 nitrogen and oxygen atoms in total. The van der Waals surface area contributed by atoms with E-state index in [0.29, 0.717) is 102 Å². The second-order valence-electron chi connectivity index (χ2n) is 28.6. The first-order valence-electron chi connectivity index (χ1n) is 37.6. The number of nitro groups is 1. The van der Waals surface area contributed by atoms with Gasteiger partial charge in [0.15, 0.2) is 0 Å². The molecular weight excluding hydrogens is 1730 g/mol. The summed E-state index contributed by atoms with van der Waals surface area (Å²) >= 11 is 55.7. The topological polar surface area (TPSA) is 222 Å². The minimum atomic E-state index is -0.522. The quantitative estimate of drug-likeness (QED) is 0.0231. The molecule has 0 unspecified atom stereocenters. The summed E-state index contributed by atoms with van der Waals surface area (Å²) in [5.41, 5.74) is 16.4. The second-order valence-corrected chi connectivity index (χ2v) is 32.3. The Morgan fingerprint density at radius 2 is 0.590 bits per heavy atom. The molecule has 4 amide bonds. The van der Waals surface area contributed by atoms with Crippen molar-refractivity contribution in [3.05, 3.63) is 354 Å². The Hall–Kier alpha value is -11.6. The number of anilines is 8. The number of nitrogens with zero attached hydrogens (tertiary/aromatic N) is 9. The number of carbonyl (C=O) groups excluding carboxylic acids is 4. The predicted molar refractivity (Wildman–Crippen MR) is 514 cm³/mol. The lowest BCUT2D eigenvalue weighted by Crippen LogP contribution is -2.24. The van der Waals surface area contributed by atoms with Gasteiger partial charge in [-0.1, -0.05) is 195 Å². The van der Waals surface area contributed by atoms with Crippen LogP contribution >= 0.6 is 104 Å². The number of nitro benzene ring substituents is 1. The van der Waals surface area contributed by atoms with E-state index in [1.54, 1.807) is 84.9 Å². The van der Waals surface area contributed by atoms with Crippen molar-refractivity contribution < 1.29 is 24.1 Å². The fourth-order valence-corrected chi connectivity index (χ4v) is 13.7. The Morgan fingerprint density at radius 1 is 0.295 bits per heavy atom. The number of carbonyl (C=O) groups is 4. The highest BCUT2D eigenvalue weighted by molar-refractivity contribution is 6.53. The Morgan fingerprint density at radius 3 is 0.934 bits per heavy atom. The zero-order valence-electron chi connectivity index (χ0n) is 69.0. The number of amides is 4. The lowest BCUT2D eigenvalue weighted by atomic mass is 10.1. The molecule has 12 rings (SSSR count). The smallest absolute Gasteiger partial charge is 0.278 e. The number of benzene rings is 12. The number of aliphatic imine (C=N–C) groups is 4. The van der Waals surface area contributed by atoms with Gasteiger partial charge in [-0.3, -0.25) is 29.3 Å². The van der Waals surface area contributed by atoms with Gasteiger partial charge in [-0.25, -0.2) is 20.0 Å². The molecule has 0 saturated carbocycles. The van der Waals surface area contributed by atoms with E-state index in [2.05, 4.69) is 36.2 Å². The zero-order chi connectivity index (χ0) is 88.9. The molecule has 0 aliphatic carbocycles. The van der Waals surface area contributed by atoms with Crippen LogP contribution in [0.2, 0.25) is 45.2 Å². The van der Waals surface area contributed by atoms with Crippen LogP contribution in [0.4, 0.5) is 73.9 Å². The van der Waals surface area contributed by atoms with E-state index in [0.717, 1.165) is 61.8 Å². The van der Waals surface area contributed by atoms with Crippen LogP contribution < -0.4 is 40.9 Å². The van der Waals surface area contributed by atoms with Gasteiger partial charge in [0.2, 0.25) is 0 Å². The lowest BCUT2D eigenvalue weighted by molar-refractivity contribution is -0.385. The van der Waals surface area contributed by atoms with Crippen LogP contribution in [0, 0.1) is 51.7 Å². The van der Waals surface area contributed by atoms with Crippen LogP contribution in [0.15, 0.2) is 263 Å². The zero-order valence-corrected chi connectivity index (χ0v) is 75.8. The molecule has 0 fully saturated rings. The summed E-state index contributed by atoms with van der Waals surface area (Å²) in [6.45, 7) is 11.4. The third-order valence-electron chi connectivity index (χ3n) is 18.4. The van der Waals surface area contributed by atoms with Crippen LogP contribution in [0.5, 0.6) is 0 Å². The molecule has 122 heavy (non-hydrogen) atoms. The maximum absolute atomic E-state index is 13.3. The first kappa shape index (κ1) is 94.3. The largest absolute Gasteiger partial charge is 0.378 e. The molecule has 0 spiro atoms. The number of hydrogen-bond acceptors (Lipinski definition) is 14. The van der Waals surface area contributed by atoms with Crippen molar-refractivity contribution in [1.29, 1.82) is 0 Å². The number of para-hydroxylation sites is 2. The highest BCUT2D eigenvalue weighted by atomic mass is 35.5. The number of aryl methyl sites for hydroxylation is 6. The van der Waals surface area contributed by atoms with Gasteiger partial charge in [-0.2, -0.15) is 0 Å². The van der Waals surface area contributed by atoms with Crippen molar-refractivity contribution in [1.82, 2.24) is 0 Å². The van der Waals surface area contributed by atoms with Gasteiger partial charge in [-0.15, -0.1) is 0 Å². The number of nitrogens with one attached hydrogen (secondary N) is 4. The van der Waals surface area contributed by atoms with Crippen LogP contribution in [-0.2, 0) is 19.2 Å². The summed E-state index contributed by atoms with van der Waals surface area (Å²) in [6.07, 6.45) is 0. The molecule has 626 valence electrons. The third-order valence-corrected chi connectivity index (χ3v) is 21.4. The maximum Gasteiger partial charge on any atom is 0.278 e. The maximum atomic E-state index is 13.3. The van der Waals surface area contributed by atoms with E-state index in [1.165, 1.54) is 24.3 Å². The number of hydrogen-bond donors (Lipinski definition) is 4. The Balaban J connectivity index is 0.000000185. The molecule has 0 heterocycles. The molecule has 12 aromatic rings. The second kappa shape index (κ2) is 43.8. The molecule has 0 saturated heterocycles. The highest BCUT2D eigenvalue weighted by Gasteiger charge is 2.26. The van der Waals surface area contributed by atoms with E-state index >= 15 is 0 Å². The van der Waals surface area contributed by atoms with E-state index in [4.69, 9.17) is 109 Å². The van der Waals surface area contributed by atoms with Crippen molar-refractivity contribution in [2.75, 3.05) is 97.2 Å². The first-order chi connectivity index (χ1) is 57.9. The summed E-state index contributed by atoms with van der Waals surface area (Å²) in [4.78, 5) is 90.5. The van der Waals surface area contributed by atoms with Crippen LogP contribution in [-0.4, -0.2) is 108 Å². The number of halogens is 9. The average Bonchev–Trinajstić information content (AvgIpc) is 0.843. The van der Waals surface area contributed by atoms with Gasteiger partial charge >= 0.3 is 0 Å². The molecule has 0 atom stereocenters. The average molecular weight is 1810 g/mol. The van der Waals surface area contributed by atoms with Gasteiger partial charge in [0, 0.05) is 128 Å². The molecule has 0 aromatic heterocycles. The van der Waals surface area contributed by atoms with Crippen molar-refractivity contribution in [2.24, 2.45) is 20.0 Å². The molecule has 28 heteroatoms. The van der Waals surface area contributed by atoms with Gasteiger partial charge in [0.25, 0.3) is 29.3 Å². The van der Waals surface area contributed by atoms with Gasteiger partial charge < -0.3 is 40.9 Å². The molecule has 0 bridgehead atoms. The Bertz CT molecular complexity index is 5810. The molecule has 0 aliphatic heterocycles. The fourth-order valence-electron chi connectivity index (χ4n) is 11.7. The molecule has 4 N–H and O–H groups in total. The van der Waals surface area contributed by atoms with Crippen molar-refractivity contribution in [2.45, 2.75) is 41.5 Å². The lowest BCUT2D eigenvalue weighted by Gasteiger charge is -2.15. The van der Waals surface area contributed by atoms with E-state index in [-0.39, 0.29) is 39.3 Å². The van der Waals surface area contributed by atoms with E-state index < -0.39 is 22.6 Å². The van der Waals surface area contributed by atoms with Crippen molar-refractivity contribution >= 4 is 225 Å². The van der Waals surface area contributed by atoms with Gasteiger partial charge in [0.05, 0.1) is 75.4 Å². The Kier molecular flexibility index (Phi) is 33.8. The standard InChI is InChI=1S/C24H21Cl4N3O.C24H23Cl2N3O.C23H20Cl3N3O.C23H22N4O3/c1-13-8-20(28)22(12-19(13)27)30-24(32)23(15-9-16(25)11-17(26)10-15)29-21-6-5-18(31(3)4)7-14(21)2;1-15-13-20(26)22(14-19(15)25)28-24(30)23(17-8-6-5-7-9-17)27-21-11-10-18(29(3)4)12-16(21)2;1-14-11-16(29(2)3)9-10-20(14)27-22(15-7-5-4-6-8-15)23(30)28-21-13-18(25)17(24)12-19(21)26;1-16-15-18(26(2)3)13-14-20(16)25-22(19-11-7-8-12-21(19)27(29)30)23(28)24-17-9-5-4-6-10-17/h5-12H,1-4H3,(H,30,32);5-14H,1-4H3,(H,28,30);4-13H,1-3H3,(H,28,30);4-15H,1-3H3,(H,24,28). The minimum absolute atomic E-state index is 0.0214. The van der Waals surface area contributed by atoms with Crippen LogP contribution in [0.3, 0.4) is 0 Å². The highest BCUT2D eigenvalue weighted by Crippen LogP contribution is 2.37. The summed E-state index contributed by atoms with van der Waals surface area (Å²) in [7, 11) is 15.7. The fraction of sp³-hybridized carbons (Fsp3) is 0.149. The summed E-state index contributed by atoms with van der Waals surface area (Å²) in [5.74, 6) is -1.76. The predicted octanol–water partition coefficient (Wildman–Crippen LogP) is 25.7. The molecule has 12 aromatic carbocycles. The third kappa shape index (κ3) is 26.0.